The molecule has 1 aromatic rings. The van der Waals surface area contributed by atoms with Gasteiger partial charge in [-0.15, -0.1) is 0 Å². The molecular formula is C13H21NO3. The van der Waals surface area contributed by atoms with Gasteiger partial charge in [0.05, 0.1) is 19.3 Å². The fourth-order valence-corrected chi connectivity index (χ4v) is 1.36. The van der Waals surface area contributed by atoms with Crippen LogP contribution in [0.3, 0.4) is 0 Å². The molecule has 0 bridgehead atoms. The molecule has 0 aliphatic carbocycles. The van der Waals surface area contributed by atoms with Gasteiger partial charge in [0.2, 0.25) is 0 Å². The summed E-state index contributed by atoms with van der Waals surface area (Å²) in [4.78, 5) is 0. The van der Waals surface area contributed by atoms with E-state index >= 15 is 0 Å². The predicted octanol–water partition coefficient (Wildman–Crippen LogP) is 1.83. The minimum absolute atomic E-state index is 0.126. The fraction of sp³-hybridized carbons (Fsp3) is 0.538. The van der Waals surface area contributed by atoms with Gasteiger partial charge in [-0.2, -0.15) is 0 Å². The van der Waals surface area contributed by atoms with Crippen molar-refractivity contribution in [2.45, 2.75) is 19.4 Å². The van der Waals surface area contributed by atoms with E-state index in [0.29, 0.717) is 19.8 Å². The second-order valence-electron chi connectivity index (χ2n) is 3.82. The Balaban J connectivity index is 2.51. The second-order valence-corrected chi connectivity index (χ2v) is 3.82. The molecule has 0 aliphatic heterocycles. The lowest BCUT2D eigenvalue weighted by atomic mass is 10.3. The maximum atomic E-state index is 5.79. The first kappa shape index (κ1) is 13.8. The van der Waals surface area contributed by atoms with Gasteiger partial charge in [-0.25, -0.2) is 0 Å². The van der Waals surface area contributed by atoms with Crippen LogP contribution in [0.4, 0.5) is 0 Å². The number of nitrogens with two attached hydrogens (primary N) is 1. The lowest BCUT2D eigenvalue weighted by Crippen LogP contribution is -2.32. The summed E-state index contributed by atoms with van der Waals surface area (Å²) in [6, 6.07) is 7.49. The summed E-state index contributed by atoms with van der Waals surface area (Å²) in [7, 11) is 1.62. The van der Waals surface area contributed by atoms with Crippen molar-refractivity contribution in [2.24, 2.45) is 5.73 Å². The summed E-state index contributed by atoms with van der Waals surface area (Å²) >= 11 is 0. The Kier molecular flexibility index (Phi) is 6.43. The van der Waals surface area contributed by atoms with Crippen LogP contribution in [-0.4, -0.2) is 33.0 Å². The van der Waals surface area contributed by atoms with Crippen LogP contribution in [0.15, 0.2) is 24.3 Å². The first-order chi connectivity index (χ1) is 8.27. The molecule has 0 spiro atoms. The Morgan fingerprint density at radius 1 is 1.12 bits per heavy atom. The van der Waals surface area contributed by atoms with Crippen LogP contribution in [0.1, 0.15) is 13.3 Å². The number of hydrogen-bond donors (Lipinski definition) is 1. The van der Waals surface area contributed by atoms with Crippen LogP contribution in [0, 0.1) is 0 Å². The quantitative estimate of drug-likeness (QED) is 0.752. The third kappa shape index (κ3) is 5.06. The summed E-state index contributed by atoms with van der Waals surface area (Å²) in [5.41, 5.74) is 5.79. The number of hydrogen-bond acceptors (Lipinski definition) is 4. The SMILES string of the molecule is CCCOc1ccccc1OCC(N)COC. The molecule has 4 heteroatoms. The van der Waals surface area contributed by atoms with Crippen molar-refractivity contribution in [3.63, 3.8) is 0 Å². The zero-order chi connectivity index (χ0) is 12.5. The number of ether oxygens (including phenoxy) is 3. The van der Waals surface area contributed by atoms with Gasteiger partial charge in [0.1, 0.15) is 6.61 Å². The maximum Gasteiger partial charge on any atom is 0.161 e. The molecule has 1 aromatic carbocycles. The highest BCUT2D eigenvalue weighted by molar-refractivity contribution is 5.39. The molecule has 1 atom stereocenters. The number of para-hydroxylation sites is 2. The zero-order valence-electron chi connectivity index (χ0n) is 10.5. The van der Waals surface area contributed by atoms with Crippen molar-refractivity contribution >= 4 is 0 Å². The van der Waals surface area contributed by atoms with Crippen LogP contribution in [-0.2, 0) is 4.74 Å². The largest absolute Gasteiger partial charge is 0.490 e. The van der Waals surface area contributed by atoms with E-state index in [1.54, 1.807) is 7.11 Å². The highest BCUT2D eigenvalue weighted by Gasteiger charge is 2.07. The minimum Gasteiger partial charge on any atom is -0.490 e. The van der Waals surface area contributed by atoms with Gasteiger partial charge in [-0.3, -0.25) is 0 Å². The molecule has 1 unspecified atom stereocenters. The monoisotopic (exact) mass is 239 g/mol. The van der Waals surface area contributed by atoms with E-state index in [2.05, 4.69) is 6.92 Å². The lowest BCUT2D eigenvalue weighted by molar-refractivity contribution is 0.150. The Morgan fingerprint density at radius 2 is 1.76 bits per heavy atom. The summed E-state index contributed by atoms with van der Waals surface area (Å²) in [5.74, 6) is 1.49. The molecule has 17 heavy (non-hydrogen) atoms. The van der Waals surface area contributed by atoms with Gasteiger partial charge in [-0.05, 0) is 18.6 Å². The van der Waals surface area contributed by atoms with Crippen molar-refractivity contribution in [1.29, 1.82) is 0 Å². The first-order valence-corrected chi connectivity index (χ1v) is 5.87. The first-order valence-electron chi connectivity index (χ1n) is 5.87. The molecule has 0 saturated carbocycles. The topological polar surface area (TPSA) is 53.7 Å². The fourth-order valence-electron chi connectivity index (χ4n) is 1.36. The summed E-state index contributed by atoms with van der Waals surface area (Å²) in [5, 5.41) is 0. The van der Waals surface area contributed by atoms with Gasteiger partial charge >= 0.3 is 0 Å². The minimum atomic E-state index is -0.126. The molecule has 0 radical (unpaired) electrons. The van der Waals surface area contributed by atoms with Gasteiger partial charge in [0.15, 0.2) is 11.5 Å². The highest BCUT2D eigenvalue weighted by atomic mass is 16.5. The molecular weight excluding hydrogens is 218 g/mol. The second kappa shape index (κ2) is 7.92. The molecule has 0 amide bonds. The third-order valence-electron chi connectivity index (χ3n) is 2.14. The normalized spacial score (nSPS) is 12.2. The van der Waals surface area contributed by atoms with E-state index in [4.69, 9.17) is 19.9 Å². The molecule has 96 valence electrons. The number of methoxy groups -OCH3 is 1. The Hall–Kier alpha value is -1.26. The Labute approximate surface area is 103 Å². The molecule has 0 saturated heterocycles. The Morgan fingerprint density at radius 3 is 2.35 bits per heavy atom. The van der Waals surface area contributed by atoms with Gasteiger partial charge in [0.25, 0.3) is 0 Å². The third-order valence-corrected chi connectivity index (χ3v) is 2.14. The van der Waals surface area contributed by atoms with Gasteiger partial charge in [-0.1, -0.05) is 19.1 Å². The van der Waals surface area contributed by atoms with Crippen LogP contribution in [0.25, 0.3) is 0 Å². The van der Waals surface area contributed by atoms with E-state index in [-0.39, 0.29) is 6.04 Å². The molecule has 1 rings (SSSR count). The van der Waals surface area contributed by atoms with Gasteiger partial charge < -0.3 is 19.9 Å². The average Bonchev–Trinajstić information content (AvgIpc) is 2.35. The standard InChI is InChI=1S/C13H21NO3/c1-3-8-16-12-6-4-5-7-13(12)17-10-11(14)9-15-2/h4-7,11H,3,8-10,14H2,1-2H3. The van der Waals surface area contributed by atoms with E-state index in [1.807, 2.05) is 24.3 Å². The molecule has 0 fully saturated rings. The zero-order valence-corrected chi connectivity index (χ0v) is 10.5. The van der Waals surface area contributed by atoms with E-state index in [1.165, 1.54) is 0 Å². The van der Waals surface area contributed by atoms with Crippen molar-refractivity contribution in [2.75, 3.05) is 26.9 Å². The molecule has 0 aromatic heterocycles. The summed E-state index contributed by atoms with van der Waals surface area (Å²) in [6.45, 7) is 3.65. The predicted molar refractivity (Wildman–Crippen MR) is 67.6 cm³/mol. The molecule has 0 aliphatic rings. The molecule has 4 nitrogen and oxygen atoms in total. The Bertz CT molecular complexity index is 317. The van der Waals surface area contributed by atoms with Crippen LogP contribution in [0.5, 0.6) is 11.5 Å². The summed E-state index contributed by atoms with van der Waals surface area (Å²) < 4.78 is 16.2. The lowest BCUT2D eigenvalue weighted by Gasteiger charge is -2.15. The highest BCUT2D eigenvalue weighted by Crippen LogP contribution is 2.26. The van der Waals surface area contributed by atoms with E-state index in [0.717, 1.165) is 17.9 Å². The van der Waals surface area contributed by atoms with Crippen molar-refractivity contribution in [3.05, 3.63) is 24.3 Å². The van der Waals surface area contributed by atoms with E-state index in [9.17, 15) is 0 Å². The maximum absolute atomic E-state index is 5.79. The van der Waals surface area contributed by atoms with Gasteiger partial charge in [0, 0.05) is 7.11 Å². The summed E-state index contributed by atoms with van der Waals surface area (Å²) in [6.07, 6.45) is 0.970. The number of benzene rings is 1. The molecule has 2 N–H and O–H groups in total. The number of rotatable bonds is 8. The van der Waals surface area contributed by atoms with Crippen molar-refractivity contribution in [1.82, 2.24) is 0 Å². The van der Waals surface area contributed by atoms with Crippen LogP contribution < -0.4 is 15.2 Å². The van der Waals surface area contributed by atoms with Crippen molar-refractivity contribution in [3.8, 4) is 11.5 Å². The van der Waals surface area contributed by atoms with Crippen LogP contribution >= 0.6 is 0 Å². The molecule has 0 heterocycles. The van der Waals surface area contributed by atoms with E-state index < -0.39 is 0 Å². The van der Waals surface area contributed by atoms with Crippen molar-refractivity contribution < 1.29 is 14.2 Å². The van der Waals surface area contributed by atoms with Crippen LogP contribution in [0.2, 0.25) is 0 Å². The smallest absolute Gasteiger partial charge is 0.161 e. The average molecular weight is 239 g/mol.